The van der Waals surface area contributed by atoms with Crippen LogP contribution in [0, 0.1) is 0 Å². The number of rotatable bonds is 9. The van der Waals surface area contributed by atoms with Gasteiger partial charge < -0.3 is 29.3 Å². The summed E-state index contributed by atoms with van der Waals surface area (Å²) in [7, 11) is 6.61. The van der Waals surface area contributed by atoms with E-state index in [1.54, 1.807) is 34.6 Å². The molecule has 2 heterocycles. The molecule has 1 aromatic heterocycles. The maximum atomic E-state index is 5.74. The first kappa shape index (κ1) is 26.1. The van der Waals surface area contributed by atoms with Crippen LogP contribution in [-0.4, -0.2) is 58.9 Å². The summed E-state index contributed by atoms with van der Waals surface area (Å²) in [5, 5.41) is 6.82. The van der Waals surface area contributed by atoms with Crippen LogP contribution in [0.3, 0.4) is 0 Å². The lowest BCUT2D eigenvalue weighted by Crippen LogP contribution is -2.44. The van der Waals surface area contributed by atoms with Crippen LogP contribution in [0.4, 0.5) is 0 Å². The van der Waals surface area contributed by atoms with Gasteiger partial charge in [0, 0.05) is 25.7 Å². The lowest BCUT2D eigenvalue weighted by atomic mass is 10.1. The Kier molecular flexibility index (Phi) is 10.9. The van der Waals surface area contributed by atoms with Crippen molar-refractivity contribution >= 4 is 29.9 Å². The topological polar surface area (TPSA) is 80.5 Å². The summed E-state index contributed by atoms with van der Waals surface area (Å²) in [5.41, 5.74) is 0.946. The van der Waals surface area contributed by atoms with E-state index in [0.29, 0.717) is 36.3 Å². The number of nitrogens with zero attached hydrogens (tertiary/aromatic N) is 2. The van der Waals surface area contributed by atoms with Crippen LogP contribution in [0.5, 0.6) is 17.2 Å². The minimum atomic E-state index is 0. The van der Waals surface area contributed by atoms with Crippen LogP contribution in [0.25, 0.3) is 0 Å². The van der Waals surface area contributed by atoms with E-state index in [1.807, 2.05) is 24.3 Å². The number of hydrogen-bond acceptors (Lipinski definition) is 6. The van der Waals surface area contributed by atoms with E-state index in [0.717, 1.165) is 24.4 Å². The van der Waals surface area contributed by atoms with E-state index in [1.165, 1.54) is 19.3 Å². The van der Waals surface area contributed by atoms with E-state index in [-0.39, 0.29) is 30.0 Å². The number of methoxy groups -OCH3 is 3. The summed E-state index contributed by atoms with van der Waals surface area (Å²) in [6.45, 7) is 3.40. The molecule has 0 radical (unpaired) electrons. The second kappa shape index (κ2) is 13.4. The fourth-order valence-corrected chi connectivity index (χ4v) is 4.02. The van der Waals surface area contributed by atoms with Gasteiger partial charge in [0.25, 0.3) is 0 Å². The van der Waals surface area contributed by atoms with Gasteiger partial charge in [-0.05, 0) is 50.2 Å². The molecule has 1 aliphatic heterocycles. The molecule has 0 saturated carbocycles. The summed E-state index contributed by atoms with van der Waals surface area (Å²) >= 11 is 0. The highest BCUT2D eigenvalue weighted by atomic mass is 127. The fraction of sp³-hybridized carbons (Fsp3) is 0.522. The predicted octanol–water partition coefficient (Wildman–Crippen LogP) is 3.82. The minimum Gasteiger partial charge on any atom is -0.493 e. The van der Waals surface area contributed by atoms with Crippen molar-refractivity contribution in [2.24, 2.45) is 4.99 Å². The van der Waals surface area contributed by atoms with Gasteiger partial charge in [0.1, 0.15) is 5.76 Å². The number of piperidine rings is 1. The normalized spacial score (nSPS) is 15.4. The zero-order valence-electron chi connectivity index (χ0n) is 19.3. The number of likely N-dealkylation sites (tertiary alicyclic amines) is 1. The molecule has 9 heteroatoms. The molecule has 1 aliphatic rings. The monoisotopic (exact) mass is 558 g/mol. The van der Waals surface area contributed by atoms with Crippen LogP contribution in [-0.2, 0) is 6.54 Å². The lowest BCUT2D eigenvalue weighted by molar-refractivity contribution is 0.146. The zero-order chi connectivity index (χ0) is 22.1. The number of ether oxygens (including phenoxy) is 3. The molecule has 0 aliphatic carbocycles. The van der Waals surface area contributed by atoms with Gasteiger partial charge in [-0.2, -0.15) is 0 Å². The second-order valence-corrected chi connectivity index (χ2v) is 7.43. The number of benzene rings is 1. The van der Waals surface area contributed by atoms with E-state index in [2.05, 4.69) is 20.5 Å². The van der Waals surface area contributed by atoms with Gasteiger partial charge in [-0.1, -0.05) is 6.42 Å². The van der Waals surface area contributed by atoms with Crippen LogP contribution < -0.4 is 24.8 Å². The molecular formula is C23H35IN4O4. The Labute approximate surface area is 207 Å². The molecule has 0 spiro atoms. The van der Waals surface area contributed by atoms with Crippen molar-refractivity contribution < 1.29 is 18.6 Å². The molecule has 178 valence electrons. The molecule has 1 unspecified atom stereocenters. The zero-order valence-corrected chi connectivity index (χ0v) is 21.7. The number of halogens is 1. The average molecular weight is 558 g/mol. The van der Waals surface area contributed by atoms with Gasteiger partial charge in [-0.3, -0.25) is 9.89 Å². The first-order valence-corrected chi connectivity index (χ1v) is 10.7. The van der Waals surface area contributed by atoms with E-state index >= 15 is 0 Å². The Balaban J connectivity index is 0.00000363. The fourth-order valence-electron chi connectivity index (χ4n) is 4.02. The minimum absolute atomic E-state index is 0. The Hall–Kier alpha value is -2.14. The molecule has 3 rings (SSSR count). The Morgan fingerprint density at radius 1 is 1.03 bits per heavy atom. The Bertz CT molecular complexity index is 839. The standard InChI is InChI=1S/C23H34N4O4.HI/c1-24-23(25-15-17-10-11-20(28-2)22(30-4)21(17)29-3)26-16-18(19-9-8-14-31-19)27-12-6-5-7-13-27;/h8-11,14,18H,5-7,12-13,15-16H2,1-4H3,(H2,24,25,26);1H. The highest BCUT2D eigenvalue weighted by Crippen LogP contribution is 2.39. The summed E-state index contributed by atoms with van der Waals surface area (Å²) in [6, 6.07) is 8.00. The number of furan rings is 1. The summed E-state index contributed by atoms with van der Waals surface area (Å²) in [5.74, 6) is 3.55. The lowest BCUT2D eigenvalue weighted by Gasteiger charge is -2.33. The molecule has 32 heavy (non-hydrogen) atoms. The van der Waals surface area contributed by atoms with Crippen molar-refractivity contribution in [3.05, 3.63) is 41.9 Å². The van der Waals surface area contributed by atoms with Gasteiger partial charge in [0.2, 0.25) is 5.75 Å². The van der Waals surface area contributed by atoms with Crippen LogP contribution >= 0.6 is 24.0 Å². The molecule has 0 bridgehead atoms. The third kappa shape index (κ3) is 6.44. The van der Waals surface area contributed by atoms with E-state index < -0.39 is 0 Å². The summed E-state index contributed by atoms with van der Waals surface area (Å²) in [6.07, 6.45) is 5.49. The van der Waals surface area contributed by atoms with Crippen molar-refractivity contribution in [2.45, 2.75) is 31.8 Å². The average Bonchev–Trinajstić information content (AvgIpc) is 3.35. The molecule has 0 amide bonds. The summed E-state index contributed by atoms with van der Waals surface area (Å²) < 4.78 is 22.2. The van der Waals surface area contributed by atoms with Crippen molar-refractivity contribution in [2.75, 3.05) is 48.0 Å². The van der Waals surface area contributed by atoms with Crippen LogP contribution in [0.2, 0.25) is 0 Å². The smallest absolute Gasteiger partial charge is 0.203 e. The molecule has 1 aromatic carbocycles. The molecular weight excluding hydrogens is 523 g/mol. The quantitative estimate of drug-likeness (QED) is 0.275. The highest BCUT2D eigenvalue weighted by Gasteiger charge is 2.24. The third-order valence-electron chi connectivity index (χ3n) is 5.62. The van der Waals surface area contributed by atoms with Crippen LogP contribution in [0.1, 0.15) is 36.6 Å². The first-order valence-electron chi connectivity index (χ1n) is 10.7. The number of nitrogens with one attached hydrogen (secondary N) is 2. The molecule has 2 N–H and O–H groups in total. The summed E-state index contributed by atoms with van der Waals surface area (Å²) in [4.78, 5) is 6.87. The molecule has 2 aromatic rings. The maximum absolute atomic E-state index is 5.74. The van der Waals surface area contributed by atoms with Gasteiger partial charge in [0.15, 0.2) is 17.5 Å². The van der Waals surface area contributed by atoms with Crippen molar-refractivity contribution in [3.63, 3.8) is 0 Å². The van der Waals surface area contributed by atoms with Crippen molar-refractivity contribution in [3.8, 4) is 17.2 Å². The number of aliphatic imine (C=N–C) groups is 1. The molecule has 1 fully saturated rings. The second-order valence-electron chi connectivity index (χ2n) is 7.43. The molecule has 1 saturated heterocycles. The Morgan fingerprint density at radius 3 is 2.38 bits per heavy atom. The van der Waals surface area contributed by atoms with Crippen LogP contribution in [0.15, 0.2) is 39.9 Å². The maximum Gasteiger partial charge on any atom is 0.203 e. The predicted molar refractivity (Wildman–Crippen MR) is 137 cm³/mol. The van der Waals surface area contributed by atoms with Gasteiger partial charge >= 0.3 is 0 Å². The third-order valence-corrected chi connectivity index (χ3v) is 5.62. The van der Waals surface area contributed by atoms with Gasteiger partial charge in [0.05, 0.1) is 33.6 Å². The molecule has 1 atom stereocenters. The van der Waals surface area contributed by atoms with Crippen molar-refractivity contribution in [1.29, 1.82) is 0 Å². The Morgan fingerprint density at radius 2 is 1.78 bits per heavy atom. The van der Waals surface area contributed by atoms with Gasteiger partial charge in [-0.25, -0.2) is 0 Å². The van der Waals surface area contributed by atoms with E-state index in [4.69, 9.17) is 18.6 Å². The first-order chi connectivity index (χ1) is 15.2. The van der Waals surface area contributed by atoms with E-state index in [9.17, 15) is 0 Å². The number of guanidine groups is 1. The van der Waals surface area contributed by atoms with Crippen molar-refractivity contribution in [1.82, 2.24) is 15.5 Å². The largest absolute Gasteiger partial charge is 0.493 e. The highest BCUT2D eigenvalue weighted by molar-refractivity contribution is 14.0. The van der Waals surface area contributed by atoms with Gasteiger partial charge in [-0.15, -0.1) is 24.0 Å². The molecule has 8 nitrogen and oxygen atoms in total. The number of hydrogen-bond donors (Lipinski definition) is 2. The SMILES string of the molecule is CN=C(NCc1ccc(OC)c(OC)c1OC)NCC(c1ccco1)N1CCCCC1.I.